The highest BCUT2D eigenvalue weighted by atomic mass is 32.2. The lowest BCUT2D eigenvalue weighted by Crippen LogP contribution is -2.42. The molecule has 10 heteroatoms. The molecule has 7 nitrogen and oxygen atoms in total. The molecule has 3 aromatic rings. The van der Waals surface area contributed by atoms with Crippen molar-refractivity contribution in [2.24, 2.45) is 5.92 Å². The largest absolute Gasteiger partial charge is 0.287 e. The van der Waals surface area contributed by atoms with Gasteiger partial charge in [0.05, 0.1) is 16.0 Å². The van der Waals surface area contributed by atoms with Crippen LogP contribution in [0, 0.1) is 5.92 Å². The Kier molecular flexibility index (Phi) is 7.32. The van der Waals surface area contributed by atoms with Crippen molar-refractivity contribution in [3.63, 3.8) is 0 Å². The molecule has 0 saturated carbocycles. The third-order valence-electron chi connectivity index (χ3n) is 5.36. The minimum Gasteiger partial charge on any atom is -0.287 e. The Bertz CT molecular complexity index is 1180. The predicted octanol–water partition coefficient (Wildman–Crippen LogP) is 4.00. The Morgan fingerprint density at radius 1 is 1.25 bits per heavy atom. The fraction of sp³-hybridized carbons (Fsp3) is 0.455. The molecule has 0 aliphatic heterocycles. The summed E-state index contributed by atoms with van der Waals surface area (Å²) in [5, 5.41) is 3.12. The summed E-state index contributed by atoms with van der Waals surface area (Å²) < 4.78 is 1.73. The van der Waals surface area contributed by atoms with Crippen LogP contribution < -0.4 is 16.4 Å². The van der Waals surface area contributed by atoms with Gasteiger partial charge in [-0.05, 0) is 55.0 Å². The molecule has 0 radical (unpaired) electrons. The first-order valence-corrected chi connectivity index (χ1v) is 13.4. The van der Waals surface area contributed by atoms with Gasteiger partial charge in [-0.2, -0.15) is 0 Å². The highest BCUT2D eigenvalue weighted by Crippen LogP contribution is 2.34. The summed E-state index contributed by atoms with van der Waals surface area (Å²) in [6.45, 7) is 4.82. The van der Waals surface area contributed by atoms with E-state index in [4.69, 9.17) is 4.98 Å². The summed E-state index contributed by atoms with van der Waals surface area (Å²) in [6, 6.07) is 3.46. The van der Waals surface area contributed by atoms with Crippen LogP contribution in [0.2, 0.25) is 0 Å². The SMILES string of the molecule is CC(C)CCn1c(SCC(=O)NNC(=O)c2cccs2)nc2sc3c(c2c1=O)CCCC3. The van der Waals surface area contributed by atoms with Crippen molar-refractivity contribution in [2.45, 2.75) is 57.7 Å². The van der Waals surface area contributed by atoms with E-state index < -0.39 is 0 Å². The number of amides is 2. The molecule has 0 bridgehead atoms. The standard InChI is InChI=1S/C22H26N4O3S3/c1-13(2)9-10-26-21(29)18-14-6-3-4-7-15(14)32-20(18)23-22(26)31-12-17(27)24-25-19(28)16-8-5-11-30-16/h5,8,11,13H,3-4,6-7,9-10,12H2,1-2H3,(H,24,27)(H,25,28). The van der Waals surface area contributed by atoms with Gasteiger partial charge in [0, 0.05) is 11.4 Å². The van der Waals surface area contributed by atoms with Crippen molar-refractivity contribution >= 4 is 56.5 Å². The van der Waals surface area contributed by atoms with Gasteiger partial charge in [0.15, 0.2) is 5.16 Å². The van der Waals surface area contributed by atoms with Crippen LogP contribution in [0.5, 0.6) is 0 Å². The van der Waals surface area contributed by atoms with Gasteiger partial charge in [-0.15, -0.1) is 22.7 Å². The second-order valence-corrected chi connectivity index (χ2v) is 11.2. The van der Waals surface area contributed by atoms with E-state index >= 15 is 0 Å². The monoisotopic (exact) mass is 490 g/mol. The molecule has 0 atom stereocenters. The number of aromatic nitrogens is 2. The average Bonchev–Trinajstić information content (AvgIpc) is 3.43. The Morgan fingerprint density at radius 2 is 2.06 bits per heavy atom. The number of hydrazine groups is 1. The van der Waals surface area contributed by atoms with Gasteiger partial charge in [0.25, 0.3) is 11.5 Å². The molecule has 0 unspecified atom stereocenters. The fourth-order valence-electron chi connectivity index (χ4n) is 3.68. The Balaban J connectivity index is 1.52. The van der Waals surface area contributed by atoms with Crippen LogP contribution in [-0.4, -0.2) is 27.1 Å². The van der Waals surface area contributed by atoms with Crippen molar-refractivity contribution in [1.29, 1.82) is 0 Å². The normalized spacial score (nSPS) is 13.3. The Labute approximate surface area is 198 Å². The first kappa shape index (κ1) is 23.0. The van der Waals surface area contributed by atoms with E-state index in [9.17, 15) is 14.4 Å². The summed E-state index contributed by atoms with van der Waals surface area (Å²) in [4.78, 5) is 45.1. The molecule has 2 N–H and O–H groups in total. The highest BCUT2D eigenvalue weighted by molar-refractivity contribution is 7.99. The minimum absolute atomic E-state index is 0.00366. The van der Waals surface area contributed by atoms with Gasteiger partial charge < -0.3 is 0 Å². The molecule has 1 aliphatic rings. The molecule has 0 aromatic carbocycles. The van der Waals surface area contributed by atoms with Crippen molar-refractivity contribution in [3.8, 4) is 0 Å². The van der Waals surface area contributed by atoms with Crippen LogP contribution in [0.4, 0.5) is 0 Å². The van der Waals surface area contributed by atoms with Gasteiger partial charge in [-0.3, -0.25) is 29.8 Å². The molecule has 4 rings (SSSR count). The number of thiophene rings is 2. The summed E-state index contributed by atoms with van der Waals surface area (Å²) in [5.74, 6) is -0.205. The van der Waals surface area contributed by atoms with E-state index in [1.54, 1.807) is 33.4 Å². The molecule has 3 aromatic heterocycles. The predicted molar refractivity (Wildman–Crippen MR) is 131 cm³/mol. The van der Waals surface area contributed by atoms with Gasteiger partial charge in [-0.1, -0.05) is 31.7 Å². The van der Waals surface area contributed by atoms with Crippen molar-refractivity contribution < 1.29 is 9.59 Å². The zero-order chi connectivity index (χ0) is 22.7. The maximum atomic E-state index is 13.4. The number of thioether (sulfide) groups is 1. The number of carbonyl (C=O) groups is 2. The minimum atomic E-state index is -0.352. The van der Waals surface area contributed by atoms with Crippen LogP contribution in [0.15, 0.2) is 27.5 Å². The third kappa shape index (κ3) is 5.07. The van der Waals surface area contributed by atoms with E-state index in [1.807, 2.05) is 0 Å². The van der Waals surface area contributed by atoms with Gasteiger partial charge in [-0.25, -0.2) is 4.98 Å². The van der Waals surface area contributed by atoms with Crippen LogP contribution >= 0.6 is 34.4 Å². The molecule has 3 heterocycles. The maximum Gasteiger partial charge on any atom is 0.279 e. The number of hydrogen-bond donors (Lipinski definition) is 2. The molecule has 170 valence electrons. The fourth-order valence-corrected chi connectivity index (χ4v) is 6.42. The molecule has 0 fully saturated rings. The van der Waals surface area contributed by atoms with E-state index in [0.29, 0.717) is 22.5 Å². The Morgan fingerprint density at radius 3 is 2.81 bits per heavy atom. The lowest BCUT2D eigenvalue weighted by molar-refractivity contribution is -0.119. The number of rotatable bonds is 7. The van der Waals surface area contributed by atoms with E-state index in [-0.39, 0.29) is 23.1 Å². The topological polar surface area (TPSA) is 93.1 Å². The summed E-state index contributed by atoms with van der Waals surface area (Å²) >= 11 is 4.14. The van der Waals surface area contributed by atoms with Crippen molar-refractivity contribution in [2.75, 3.05) is 5.75 Å². The smallest absolute Gasteiger partial charge is 0.279 e. The molecule has 0 saturated heterocycles. The van der Waals surface area contributed by atoms with Gasteiger partial charge in [0.1, 0.15) is 4.83 Å². The average molecular weight is 491 g/mol. The van der Waals surface area contributed by atoms with Gasteiger partial charge >= 0.3 is 0 Å². The number of carbonyl (C=O) groups excluding carboxylic acids is 2. The second kappa shape index (κ2) is 10.2. The molecule has 1 aliphatic carbocycles. The lowest BCUT2D eigenvalue weighted by atomic mass is 9.97. The lowest BCUT2D eigenvalue weighted by Gasteiger charge is -2.14. The third-order valence-corrected chi connectivity index (χ3v) is 8.39. The quantitative estimate of drug-likeness (QED) is 0.297. The number of aryl methyl sites for hydroxylation is 2. The van der Waals surface area contributed by atoms with Crippen LogP contribution in [0.1, 0.15) is 53.2 Å². The first-order chi connectivity index (χ1) is 15.4. The van der Waals surface area contributed by atoms with Crippen molar-refractivity contribution in [3.05, 3.63) is 43.2 Å². The molecule has 32 heavy (non-hydrogen) atoms. The summed E-state index contributed by atoms with van der Waals surface area (Å²) in [5.41, 5.74) is 6.04. The molecule has 0 spiro atoms. The zero-order valence-electron chi connectivity index (χ0n) is 18.1. The molecule has 2 amide bonds. The number of nitrogens with zero attached hydrogens (tertiary/aromatic N) is 2. The molecular formula is C22H26N4O3S3. The van der Waals surface area contributed by atoms with Crippen LogP contribution in [-0.2, 0) is 24.2 Å². The molecular weight excluding hydrogens is 464 g/mol. The van der Waals surface area contributed by atoms with Crippen molar-refractivity contribution in [1.82, 2.24) is 20.4 Å². The maximum absolute atomic E-state index is 13.4. The summed E-state index contributed by atoms with van der Waals surface area (Å²) in [7, 11) is 0. The number of fused-ring (bicyclic) bond motifs is 3. The van der Waals surface area contributed by atoms with E-state index in [2.05, 4.69) is 24.7 Å². The zero-order valence-corrected chi connectivity index (χ0v) is 20.6. The first-order valence-electron chi connectivity index (χ1n) is 10.7. The van der Waals surface area contributed by atoms with Crippen LogP contribution in [0.3, 0.4) is 0 Å². The van der Waals surface area contributed by atoms with Crippen LogP contribution in [0.25, 0.3) is 10.2 Å². The highest BCUT2D eigenvalue weighted by Gasteiger charge is 2.22. The van der Waals surface area contributed by atoms with E-state index in [0.717, 1.165) is 42.3 Å². The van der Waals surface area contributed by atoms with Gasteiger partial charge in [0.2, 0.25) is 5.91 Å². The summed E-state index contributed by atoms with van der Waals surface area (Å²) in [6.07, 6.45) is 5.07. The van der Waals surface area contributed by atoms with E-state index in [1.165, 1.54) is 33.5 Å². The number of hydrogen-bond acceptors (Lipinski definition) is 7. The number of nitrogens with one attached hydrogen (secondary N) is 2. The Hall–Kier alpha value is -2.17. The second-order valence-electron chi connectivity index (χ2n) is 8.19.